The minimum Gasteiger partial charge on any atom is -0.476 e. The van der Waals surface area contributed by atoms with Crippen LogP contribution in [0, 0.1) is 5.82 Å². The number of nitrogens with one attached hydrogen (secondary N) is 1. The molecule has 0 bridgehead atoms. The average Bonchev–Trinajstić information content (AvgIpc) is 2.71. The molecule has 2 aromatic rings. The van der Waals surface area contributed by atoms with E-state index in [9.17, 15) is 9.18 Å². The summed E-state index contributed by atoms with van der Waals surface area (Å²) < 4.78 is 13.7. The highest BCUT2D eigenvalue weighted by molar-refractivity contribution is 9.10. The first kappa shape index (κ1) is 12.0. The molecule has 0 amide bonds. The molecule has 4 nitrogen and oxygen atoms in total. The molecule has 0 saturated heterocycles. The lowest BCUT2D eigenvalue weighted by atomic mass is 10.3. The Morgan fingerprint density at radius 1 is 1.53 bits per heavy atom. The zero-order chi connectivity index (χ0) is 12.4. The molecule has 0 spiro atoms. The Bertz CT molecular complexity index is 573. The number of halogens is 2. The summed E-state index contributed by atoms with van der Waals surface area (Å²) in [7, 11) is 0. The van der Waals surface area contributed by atoms with Gasteiger partial charge < -0.3 is 10.4 Å². The molecular formula is C10H6BrFN2O2S. The van der Waals surface area contributed by atoms with Crippen LogP contribution in [0.4, 0.5) is 15.1 Å². The second-order valence-electron chi connectivity index (χ2n) is 3.08. The van der Waals surface area contributed by atoms with Crippen molar-refractivity contribution in [1.29, 1.82) is 0 Å². The molecule has 17 heavy (non-hydrogen) atoms. The molecule has 7 heteroatoms. The van der Waals surface area contributed by atoms with Crippen LogP contribution in [0.25, 0.3) is 0 Å². The van der Waals surface area contributed by atoms with Gasteiger partial charge in [0.1, 0.15) is 10.8 Å². The Morgan fingerprint density at radius 2 is 2.29 bits per heavy atom. The Kier molecular flexibility index (Phi) is 3.39. The van der Waals surface area contributed by atoms with Crippen molar-refractivity contribution in [3.05, 3.63) is 39.7 Å². The molecule has 0 saturated carbocycles. The number of hydrogen-bond acceptors (Lipinski definition) is 4. The average molecular weight is 317 g/mol. The zero-order valence-corrected chi connectivity index (χ0v) is 10.7. The van der Waals surface area contributed by atoms with Crippen LogP contribution in [0.15, 0.2) is 28.2 Å². The van der Waals surface area contributed by atoms with Gasteiger partial charge in [-0.2, -0.15) is 0 Å². The maximum Gasteiger partial charge on any atom is 0.357 e. The van der Waals surface area contributed by atoms with E-state index in [1.54, 1.807) is 6.07 Å². The van der Waals surface area contributed by atoms with E-state index in [2.05, 4.69) is 26.2 Å². The van der Waals surface area contributed by atoms with E-state index >= 15 is 0 Å². The summed E-state index contributed by atoms with van der Waals surface area (Å²) in [5.74, 6) is -1.53. The molecule has 1 aromatic heterocycles. The number of carboxylic acids is 1. The van der Waals surface area contributed by atoms with E-state index in [0.717, 1.165) is 11.3 Å². The van der Waals surface area contributed by atoms with E-state index in [1.165, 1.54) is 17.6 Å². The summed E-state index contributed by atoms with van der Waals surface area (Å²) in [5, 5.41) is 12.1. The molecule has 0 aliphatic carbocycles. The normalized spacial score (nSPS) is 10.2. The van der Waals surface area contributed by atoms with E-state index in [1.807, 2.05) is 0 Å². The molecule has 2 rings (SSSR count). The highest BCUT2D eigenvalue weighted by Gasteiger charge is 2.14. The van der Waals surface area contributed by atoms with Gasteiger partial charge >= 0.3 is 5.97 Å². The van der Waals surface area contributed by atoms with Crippen molar-refractivity contribution in [2.45, 2.75) is 0 Å². The van der Waals surface area contributed by atoms with Gasteiger partial charge in [-0.25, -0.2) is 14.2 Å². The minimum atomic E-state index is -1.12. The number of nitrogens with zero attached hydrogens (tertiary/aromatic N) is 1. The number of aromatic nitrogens is 1. The molecule has 0 unspecified atom stereocenters. The largest absolute Gasteiger partial charge is 0.476 e. The first-order chi connectivity index (χ1) is 8.08. The number of anilines is 2. The fourth-order valence-corrected chi connectivity index (χ4v) is 2.23. The van der Waals surface area contributed by atoms with Crippen molar-refractivity contribution >= 4 is 43.9 Å². The molecule has 0 radical (unpaired) electrons. The van der Waals surface area contributed by atoms with Gasteiger partial charge in [0.2, 0.25) is 0 Å². The number of hydrogen-bond donors (Lipinski definition) is 2. The summed E-state index contributed by atoms with van der Waals surface area (Å²) in [6, 6.07) is 4.12. The lowest BCUT2D eigenvalue weighted by Crippen LogP contribution is -2.01. The molecule has 0 fully saturated rings. The third-order valence-electron chi connectivity index (χ3n) is 1.95. The van der Waals surface area contributed by atoms with E-state index in [-0.39, 0.29) is 5.69 Å². The number of thiazole rings is 1. The van der Waals surface area contributed by atoms with Gasteiger partial charge in [-0.3, -0.25) is 0 Å². The van der Waals surface area contributed by atoms with Gasteiger partial charge in [0.15, 0.2) is 5.69 Å². The second kappa shape index (κ2) is 4.80. The molecule has 2 N–H and O–H groups in total. The maximum atomic E-state index is 13.0. The van der Waals surface area contributed by atoms with Crippen molar-refractivity contribution in [2.24, 2.45) is 0 Å². The predicted molar refractivity (Wildman–Crippen MR) is 66.5 cm³/mol. The van der Waals surface area contributed by atoms with Crippen molar-refractivity contribution in [2.75, 3.05) is 5.32 Å². The molecule has 88 valence electrons. The highest BCUT2D eigenvalue weighted by atomic mass is 79.9. The number of carbonyl (C=O) groups is 1. The summed E-state index contributed by atoms with van der Waals surface area (Å²) in [6.07, 6.45) is 0. The topological polar surface area (TPSA) is 62.2 Å². The first-order valence-electron chi connectivity index (χ1n) is 4.47. The Labute approximate surface area is 108 Å². The number of carboxylic acid groups (broad SMARTS) is 1. The standard InChI is InChI=1S/C10H6BrFN2O2S/c11-6-2-1-5(12)3-7(6)14-9-8(10(15)16)13-4-17-9/h1-4,14H,(H,15,16). The van der Waals surface area contributed by atoms with Crippen LogP contribution in [-0.2, 0) is 0 Å². The lowest BCUT2D eigenvalue weighted by Gasteiger charge is -2.06. The minimum absolute atomic E-state index is 0.0776. The lowest BCUT2D eigenvalue weighted by molar-refractivity contribution is 0.0692. The molecule has 0 aliphatic heterocycles. The van der Waals surface area contributed by atoms with Crippen LogP contribution in [0.1, 0.15) is 10.5 Å². The molecule has 0 atom stereocenters. The van der Waals surface area contributed by atoms with Crippen LogP contribution in [0.2, 0.25) is 0 Å². The van der Waals surface area contributed by atoms with E-state index in [4.69, 9.17) is 5.11 Å². The Morgan fingerprint density at radius 3 is 3.00 bits per heavy atom. The van der Waals surface area contributed by atoms with Crippen LogP contribution >= 0.6 is 27.3 Å². The Balaban J connectivity index is 2.34. The van der Waals surface area contributed by atoms with Crippen molar-refractivity contribution in [3.63, 3.8) is 0 Å². The number of rotatable bonds is 3. The second-order valence-corrected chi connectivity index (χ2v) is 4.79. The van der Waals surface area contributed by atoms with Gasteiger partial charge in [0.05, 0.1) is 11.2 Å². The SMILES string of the molecule is O=C(O)c1ncsc1Nc1cc(F)ccc1Br. The maximum absolute atomic E-state index is 13.0. The summed E-state index contributed by atoms with van der Waals surface area (Å²) >= 11 is 4.39. The van der Waals surface area contributed by atoms with Gasteiger partial charge in [-0.05, 0) is 34.1 Å². The van der Waals surface area contributed by atoms with Crippen LogP contribution in [0.5, 0.6) is 0 Å². The van der Waals surface area contributed by atoms with Crippen LogP contribution in [-0.4, -0.2) is 16.1 Å². The fraction of sp³-hybridized carbons (Fsp3) is 0. The number of benzene rings is 1. The van der Waals surface area contributed by atoms with Gasteiger partial charge in [-0.1, -0.05) is 0 Å². The highest BCUT2D eigenvalue weighted by Crippen LogP contribution is 2.30. The van der Waals surface area contributed by atoms with Gasteiger partial charge in [-0.15, -0.1) is 11.3 Å². The quantitative estimate of drug-likeness (QED) is 0.910. The zero-order valence-electron chi connectivity index (χ0n) is 8.28. The molecule has 1 heterocycles. The summed E-state index contributed by atoms with van der Waals surface area (Å²) in [5.41, 5.74) is 1.79. The summed E-state index contributed by atoms with van der Waals surface area (Å²) in [4.78, 5) is 14.6. The van der Waals surface area contributed by atoms with Crippen molar-refractivity contribution in [3.8, 4) is 0 Å². The molecule has 1 aromatic carbocycles. The predicted octanol–water partition coefficient (Wildman–Crippen LogP) is 3.49. The summed E-state index contributed by atoms with van der Waals surface area (Å²) in [6.45, 7) is 0. The van der Waals surface area contributed by atoms with Gasteiger partial charge in [0.25, 0.3) is 0 Å². The first-order valence-corrected chi connectivity index (χ1v) is 6.14. The van der Waals surface area contributed by atoms with E-state index < -0.39 is 11.8 Å². The fourth-order valence-electron chi connectivity index (χ4n) is 1.20. The third-order valence-corrected chi connectivity index (χ3v) is 3.38. The van der Waals surface area contributed by atoms with Gasteiger partial charge in [0, 0.05) is 4.47 Å². The molecule has 0 aliphatic rings. The van der Waals surface area contributed by atoms with Crippen LogP contribution < -0.4 is 5.32 Å². The van der Waals surface area contributed by atoms with Crippen molar-refractivity contribution < 1.29 is 14.3 Å². The smallest absolute Gasteiger partial charge is 0.357 e. The van der Waals surface area contributed by atoms with Crippen molar-refractivity contribution in [1.82, 2.24) is 4.98 Å². The molecular weight excluding hydrogens is 311 g/mol. The van der Waals surface area contributed by atoms with Crippen LogP contribution in [0.3, 0.4) is 0 Å². The monoisotopic (exact) mass is 316 g/mol. The third kappa shape index (κ3) is 2.62. The van der Waals surface area contributed by atoms with E-state index in [0.29, 0.717) is 15.2 Å². The number of aromatic carboxylic acids is 1. The Hall–Kier alpha value is -1.47.